The molecule has 1 aromatic carbocycles. The van der Waals surface area contributed by atoms with Crippen molar-refractivity contribution in [3.63, 3.8) is 0 Å². The van der Waals surface area contributed by atoms with Crippen molar-refractivity contribution in [2.24, 2.45) is 5.41 Å². The Labute approximate surface area is 219 Å². The molecule has 0 aromatic heterocycles. The summed E-state index contributed by atoms with van der Waals surface area (Å²) in [5, 5.41) is 2.72. The van der Waals surface area contributed by atoms with Crippen molar-refractivity contribution in [1.29, 1.82) is 0 Å². The number of likely N-dealkylation sites (tertiary alicyclic amines) is 2. The summed E-state index contributed by atoms with van der Waals surface area (Å²) in [4.78, 5) is 53.9. The quantitative estimate of drug-likeness (QED) is 0.533. The van der Waals surface area contributed by atoms with Crippen molar-refractivity contribution < 1.29 is 28.7 Å². The van der Waals surface area contributed by atoms with Gasteiger partial charge in [0, 0.05) is 45.1 Å². The van der Waals surface area contributed by atoms with Gasteiger partial charge in [-0.15, -0.1) is 0 Å². The highest BCUT2D eigenvalue weighted by molar-refractivity contribution is 5.94. The van der Waals surface area contributed by atoms with E-state index in [2.05, 4.69) is 5.32 Å². The van der Waals surface area contributed by atoms with Crippen molar-refractivity contribution in [1.82, 2.24) is 15.1 Å². The summed E-state index contributed by atoms with van der Waals surface area (Å²) in [6.45, 7) is 11.7. The molecule has 1 aromatic rings. The lowest BCUT2D eigenvalue weighted by Gasteiger charge is -2.39. The molecule has 1 N–H and O–H groups in total. The third kappa shape index (κ3) is 7.94. The summed E-state index contributed by atoms with van der Waals surface area (Å²) in [6.07, 6.45) is 2.75. The Hall–Kier alpha value is -3.10. The Kier molecular flexibility index (Phi) is 9.21. The summed E-state index contributed by atoms with van der Waals surface area (Å²) in [5.74, 6) is -0.105. The van der Waals surface area contributed by atoms with Crippen molar-refractivity contribution in [3.05, 3.63) is 29.8 Å². The lowest BCUT2D eigenvalue weighted by Crippen LogP contribution is -2.49. The normalized spacial score (nSPS) is 17.9. The van der Waals surface area contributed by atoms with E-state index >= 15 is 0 Å². The predicted octanol–water partition coefficient (Wildman–Crippen LogP) is 3.17. The van der Waals surface area contributed by atoms with Crippen molar-refractivity contribution in [2.45, 2.75) is 78.4 Å². The zero-order chi connectivity index (χ0) is 27.2. The van der Waals surface area contributed by atoms with Crippen LogP contribution in [0, 0.1) is 5.41 Å². The molecule has 2 aliphatic rings. The van der Waals surface area contributed by atoms with E-state index in [1.807, 2.05) is 24.0 Å². The Balaban J connectivity index is 1.55. The van der Waals surface area contributed by atoms with Gasteiger partial charge in [-0.2, -0.15) is 0 Å². The highest BCUT2D eigenvalue weighted by Gasteiger charge is 2.44. The fraction of sp³-hybridized carbons (Fsp3) is 0.643. The van der Waals surface area contributed by atoms with Gasteiger partial charge in [-0.1, -0.05) is 0 Å². The number of ether oxygens (including phenoxy) is 2. The number of carbonyl (C=O) groups is 4. The number of amides is 3. The number of nitrogens with zero attached hydrogens (tertiary/aromatic N) is 2. The summed E-state index contributed by atoms with van der Waals surface area (Å²) in [6, 6.07) is 6.47. The Bertz CT molecular complexity index is 977. The van der Waals surface area contributed by atoms with Crippen LogP contribution in [0.15, 0.2) is 24.3 Å². The number of hydrogen-bond donors (Lipinski definition) is 1. The van der Waals surface area contributed by atoms with Gasteiger partial charge in [-0.05, 0) is 83.1 Å². The largest absolute Gasteiger partial charge is 0.494 e. The molecule has 2 heterocycles. The lowest BCUT2D eigenvalue weighted by atomic mass is 9.77. The number of benzene rings is 1. The lowest BCUT2D eigenvalue weighted by molar-refractivity contribution is -0.155. The van der Waals surface area contributed by atoms with Crippen LogP contribution in [0.4, 0.5) is 0 Å². The molecule has 2 saturated heterocycles. The van der Waals surface area contributed by atoms with Crippen molar-refractivity contribution >= 4 is 23.7 Å². The van der Waals surface area contributed by atoms with E-state index in [-0.39, 0.29) is 36.0 Å². The van der Waals surface area contributed by atoms with Crippen LogP contribution in [0.2, 0.25) is 0 Å². The smallest absolute Gasteiger partial charge is 0.306 e. The van der Waals surface area contributed by atoms with Gasteiger partial charge in [0.15, 0.2) is 0 Å². The van der Waals surface area contributed by atoms with E-state index in [0.29, 0.717) is 38.3 Å². The topological polar surface area (TPSA) is 105 Å². The standard InChI is InChI=1S/C28H41N3O6/c1-6-36-22-9-7-21(8-10-22)25(34)30-16-13-28(14-17-30)15-18-31(19-28)26(35)23(29-20(2)32)11-12-24(33)37-27(3,4)5/h7-10,23H,6,11-19H2,1-5H3,(H,29,32). The Morgan fingerprint density at radius 3 is 2.14 bits per heavy atom. The van der Waals surface area contributed by atoms with Gasteiger partial charge in [0.05, 0.1) is 6.61 Å². The summed E-state index contributed by atoms with van der Waals surface area (Å²) >= 11 is 0. The number of piperidine rings is 1. The second-order valence-electron chi connectivity index (χ2n) is 11.1. The van der Waals surface area contributed by atoms with Gasteiger partial charge in [-0.25, -0.2) is 0 Å². The predicted molar refractivity (Wildman–Crippen MR) is 139 cm³/mol. The number of rotatable bonds is 8. The first-order valence-corrected chi connectivity index (χ1v) is 13.2. The summed E-state index contributed by atoms with van der Waals surface area (Å²) < 4.78 is 10.8. The molecule has 1 unspecified atom stereocenters. The Morgan fingerprint density at radius 1 is 1.00 bits per heavy atom. The van der Waals surface area contributed by atoms with Crippen LogP contribution in [0.25, 0.3) is 0 Å². The molecule has 3 amide bonds. The molecule has 2 aliphatic heterocycles. The molecule has 0 radical (unpaired) electrons. The first kappa shape index (κ1) is 28.5. The third-order valence-electron chi connectivity index (χ3n) is 7.01. The molecule has 1 spiro atoms. The minimum Gasteiger partial charge on any atom is -0.494 e. The first-order valence-electron chi connectivity index (χ1n) is 13.2. The number of hydrogen-bond acceptors (Lipinski definition) is 6. The van der Waals surface area contributed by atoms with E-state index < -0.39 is 17.6 Å². The molecular formula is C28H41N3O6. The van der Waals surface area contributed by atoms with E-state index in [9.17, 15) is 19.2 Å². The molecule has 0 saturated carbocycles. The van der Waals surface area contributed by atoms with Crippen LogP contribution in [-0.2, 0) is 19.1 Å². The third-order valence-corrected chi connectivity index (χ3v) is 7.01. The minimum absolute atomic E-state index is 0.0108. The zero-order valence-electron chi connectivity index (χ0n) is 22.8. The van der Waals surface area contributed by atoms with E-state index in [1.165, 1.54) is 6.92 Å². The van der Waals surface area contributed by atoms with Crippen LogP contribution >= 0.6 is 0 Å². The highest BCUT2D eigenvalue weighted by atomic mass is 16.6. The van der Waals surface area contributed by atoms with E-state index in [1.54, 1.807) is 37.8 Å². The van der Waals surface area contributed by atoms with Gasteiger partial charge in [0.1, 0.15) is 17.4 Å². The van der Waals surface area contributed by atoms with Gasteiger partial charge in [0.25, 0.3) is 5.91 Å². The summed E-state index contributed by atoms with van der Waals surface area (Å²) in [7, 11) is 0. The maximum atomic E-state index is 13.3. The fourth-order valence-electron chi connectivity index (χ4n) is 5.14. The van der Waals surface area contributed by atoms with Crippen LogP contribution in [-0.4, -0.2) is 77.9 Å². The minimum atomic E-state index is -0.763. The average molecular weight is 516 g/mol. The second kappa shape index (κ2) is 12.0. The van der Waals surface area contributed by atoms with Gasteiger partial charge in [0.2, 0.25) is 11.8 Å². The molecular weight excluding hydrogens is 474 g/mol. The van der Waals surface area contributed by atoms with Crippen molar-refractivity contribution in [2.75, 3.05) is 32.8 Å². The van der Waals surface area contributed by atoms with Gasteiger partial charge in [-0.3, -0.25) is 19.2 Å². The number of esters is 1. The second-order valence-corrected chi connectivity index (χ2v) is 11.1. The maximum Gasteiger partial charge on any atom is 0.306 e. The van der Waals surface area contributed by atoms with E-state index in [4.69, 9.17) is 9.47 Å². The molecule has 1 atom stereocenters. The number of carbonyl (C=O) groups excluding carboxylic acids is 4. The molecule has 0 aliphatic carbocycles. The number of nitrogens with one attached hydrogen (secondary N) is 1. The highest BCUT2D eigenvalue weighted by Crippen LogP contribution is 2.41. The molecule has 0 bridgehead atoms. The van der Waals surface area contributed by atoms with Crippen LogP contribution < -0.4 is 10.1 Å². The fourth-order valence-corrected chi connectivity index (χ4v) is 5.14. The average Bonchev–Trinajstić information content (AvgIpc) is 3.24. The zero-order valence-corrected chi connectivity index (χ0v) is 22.8. The molecule has 9 nitrogen and oxygen atoms in total. The molecule has 204 valence electrons. The molecule has 2 fully saturated rings. The maximum absolute atomic E-state index is 13.3. The molecule has 9 heteroatoms. The summed E-state index contributed by atoms with van der Waals surface area (Å²) in [5.41, 5.74) is 0.0116. The first-order chi connectivity index (χ1) is 17.4. The van der Waals surface area contributed by atoms with Crippen LogP contribution in [0.5, 0.6) is 5.75 Å². The monoisotopic (exact) mass is 515 g/mol. The van der Waals surface area contributed by atoms with Crippen LogP contribution in [0.1, 0.15) is 77.1 Å². The molecule has 3 rings (SSSR count). The van der Waals surface area contributed by atoms with Gasteiger partial charge < -0.3 is 24.6 Å². The van der Waals surface area contributed by atoms with Crippen molar-refractivity contribution in [3.8, 4) is 5.75 Å². The van der Waals surface area contributed by atoms with E-state index in [0.717, 1.165) is 25.0 Å². The van der Waals surface area contributed by atoms with Gasteiger partial charge >= 0.3 is 5.97 Å². The molecule has 37 heavy (non-hydrogen) atoms. The SMILES string of the molecule is CCOc1ccc(C(=O)N2CCC3(CC2)CCN(C(=O)C(CCC(=O)OC(C)(C)C)NC(C)=O)C3)cc1. The Morgan fingerprint density at radius 2 is 1.59 bits per heavy atom. The van der Waals surface area contributed by atoms with Crippen LogP contribution in [0.3, 0.4) is 0 Å².